The van der Waals surface area contributed by atoms with Gasteiger partial charge >= 0.3 is 0 Å². The van der Waals surface area contributed by atoms with E-state index in [1.807, 2.05) is 17.0 Å². The van der Waals surface area contributed by atoms with Crippen LogP contribution in [0.4, 0.5) is 0 Å². The molecule has 0 spiro atoms. The van der Waals surface area contributed by atoms with E-state index in [1.165, 1.54) is 21.2 Å². The average molecular weight is 435 g/mol. The molecule has 3 heterocycles. The highest BCUT2D eigenvalue weighted by Crippen LogP contribution is 2.32. The molecule has 0 N–H and O–H groups in total. The summed E-state index contributed by atoms with van der Waals surface area (Å²) in [5, 5.41) is 1.77. The lowest BCUT2D eigenvalue weighted by Gasteiger charge is -2.33. The van der Waals surface area contributed by atoms with Crippen LogP contribution in [0.2, 0.25) is 0 Å². The van der Waals surface area contributed by atoms with E-state index in [-0.39, 0.29) is 18.4 Å². The van der Waals surface area contributed by atoms with E-state index in [9.17, 15) is 13.2 Å². The summed E-state index contributed by atoms with van der Waals surface area (Å²) in [6.45, 7) is 2.18. The Morgan fingerprint density at radius 3 is 2.59 bits per heavy atom. The molecule has 1 amide bonds. The van der Waals surface area contributed by atoms with Crippen molar-refractivity contribution in [2.45, 2.75) is 29.4 Å². The summed E-state index contributed by atoms with van der Waals surface area (Å²) in [5.41, 5.74) is 1.21. The van der Waals surface area contributed by atoms with E-state index in [4.69, 9.17) is 4.74 Å². The van der Waals surface area contributed by atoms with E-state index >= 15 is 0 Å². The summed E-state index contributed by atoms with van der Waals surface area (Å²) < 4.78 is 32.7. The lowest BCUT2D eigenvalue weighted by molar-refractivity contribution is -0.135. The predicted molar refractivity (Wildman–Crippen MR) is 113 cm³/mol. The minimum absolute atomic E-state index is 0.0899. The average Bonchev–Trinajstić information content (AvgIpc) is 3.46. The number of ether oxygens (including phenoxy) is 1. The van der Waals surface area contributed by atoms with Crippen LogP contribution in [0.5, 0.6) is 5.75 Å². The molecule has 2 aromatic rings. The van der Waals surface area contributed by atoms with Crippen LogP contribution in [0.15, 0.2) is 46.0 Å². The van der Waals surface area contributed by atoms with Crippen LogP contribution < -0.4 is 4.74 Å². The van der Waals surface area contributed by atoms with Crippen molar-refractivity contribution < 1.29 is 17.9 Å². The monoisotopic (exact) mass is 434 g/mol. The Morgan fingerprint density at radius 2 is 1.90 bits per heavy atom. The molecule has 0 bridgehead atoms. The highest BCUT2D eigenvalue weighted by Gasteiger charge is 2.37. The number of likely N-dealkylation sites (tertiary alicyclic amines) is 1. The molecule has 156 valence electrons. The van der Waals surface area contributed by atoms with Gasteiger partial charge in [0.05, 0.1) is 13.0 Å². The number of rotatable bonds is 5. The molecule has 6 nitrogen and oxygen atoms in total. The maximum absolute atomic E-state index is 13.1. The lowest BCUT2D eigenvalue weighted by atomic mass is 9.97. The third-order valence-corrected chi connectivity index (χ3v) is 9.15. The molecule has 2 aliphatic heterocycles. The van der Waals surface area contributed by atoms with Crippen LogP contribution in [-0.2, 0) is 14.8 Å². The number of methoxy groups -OCH3 is 1. The van der Waals surface area contributed by atoms with E-state index in [0.29, 0.717) is 23.2 Å². The Bertz CT molecular complexity index is 942. The first kappa shape index (κ1) is 20.4. The highest BCUT2D eigenvalue weighted by atomic mass is 32.2. The van der Waals surface area contributed by atoms with Gasteiger partial charge in [0.15, 0.2) is 0 Å². The van der Waals surface area contributed by atoms with Gasteiger partial charge in [-0.2, -0.15) is 4.31 Å². The second-order valence-electron chi connectivity index (χ2n) is 7.68. The fourth-order valence-corrected chi connectivity index (χ4v) is 6.93. The first-order valence-corrected chi connectivity index (χ1v) is 12.3. The molecule has 2 unspecified atom stereocenters. The molecule has 29 heavy (non-hydrogen) atoms. The SMILES string of the molecule is COc1ccc(C2CCN(C(=O)C3CCCN(S(=O)(=O)c4cccs4)C3)C2)cc1. The molecule has 2 aliphatic rings. The van der Waals surface area contributed by atoms with Gasteiger partial charge in [0.2, 0.25) is 5.91 Å². The zero-order chi connectivity index (χ0) is 20.4. The zero-order valence-corrected chi connectivity index (χ0v) is 18.1. The number of amides is 1. The molecule has 2 atom stereocenters. The Hall–Kier alpha value is -1.90. The molecule has 2 saturated heterocycles. The van der Waals surface area contributed by atoms with Crippen molar-refractivity contribution in [3.63, 3.8) is 0 Å². The second-order valence-corrected chi connectivity index (χ2v) is 10.8. The maximum Gasteiger partial charge on any atom is 0.252 e. The molecule has 1 aromatic carbocycles. The van der Waals surface area contributed by atoms with Crippen molar-refractivity contribution in [2.24, 2.45) is 5.92 Å². The molecule has 2 fully saturated rings. The predicted octanol–water partition coefficient (Wildman–Crippen LogP) is 3.17. The molecule has 0 saturated carbocycles. The van der Waals surface area contributed by atoms with Crippen molar-refractivity contribution in [1.29, 1.82) is 0 Å². The van der Waals surface area contributed by atoms with Crippen molar-refractivity contribution >= 4 is 27.3 Å². The fourth-order valence-electron chi connectivity index (χ4n) is 4.27. The van der Waals surface area contributed by atoms with Crippen molar-refractivity contribution in [3.05, 3.63) is 47.3 Å². The number of carbonyl (C=O) groups is 1. The van der Waals surface area contributed by atoms with Gasteiger partial charge in [-0.25, -0.2) is 8.42 Å². The van der Waals surface area contributed by atoms with Gasteiger partial charge in [0, 0.05) is 32.1 Å². The molecule has 0 aliphatic carbocycles. The van der Waals surface area contributed by atoms with Crippen LogP contribution in [0.25, 0.3) is 0 Å². The van der Waals surface area contributed by atoms with Gasteiger partial charge in [0.25, 0.3) is 10.0 Å². The number of carbonyl (C=O) groups excluding carboxylic acids is 1. The normalized spacial score (nSPS) is 23.3. The standard InChI is InChI=1S/C21H26N2O4S2/c1-27-19-8-6-16(7-9-19)17-10-12-22(14-17)21(24)18-4-2-11-23(15-18)29(25,26)20-5-3-13-28-20/h3,5-9,13,17-18H,2,4,10-12,14-15H2,1H3. The Kier molecular flexibility index (Phi) is 5.94. The summed E-state index contributed by atoms with van der Waals surface area (Å²) in [6.07, 6.45) is 2.40. The van der Waals surface area contributed by atoms with Crippen molar-refractivity contribution in [1.82, 2.24) is 9.21 Å². The Balaban J connectivity index is 1.40. The summed E-state index contributed by atoms with van der Waals surface area (Å²) in [5.74, 6) is 0.980. The van der Waals surface area contributed by atoms with E-state index < -0.39 is 10.0 Å². The topological polar surface area (TPSA) is 66.9 Å². The van der Waals surface area contributed by atoms with Gasteiger partial charge in [0.1, 0.15) is 9.96 Å². The number of sulfonamides is 1. The number of hydrogen-bond acceptors (Lipinski definition) is 5. The van der Waals surface area contributed by atoms with Crippen LogP contribution in [0, 0.1) is 5.92 Å². The highest BCUT2D eigenvalue weighted by molar-refractivity contribution is 7.91. The second kappa shape index (κ2) is 8.45. The minimum atomic E-state index is -3.50. The number of hydrogen-bond donors (Lipinski definition) is 0. The molecule has 4 rings (SSSR count). The molecule has 0 radical (unpaired) electrons. The number of thiophene rings is 1. The maximum atomic E-state index is 13.1. The van der Waals surface area contributed by atoms with Crippen molar-refractivity contribution in [3.8, 4) is 5.75 Å². The van der Waals surface area contributed by atoms with Gasteiger partial charge in [-0.3, -0.25) is 4.79 Å². The third kappa shape index (κ3) is 4.20. The van der Waals surface area contributed by atoms with E-state index in [1.54, 1.807) is 24.6 Å². The molecule has 1 aromatic heterocycles. The van der Waals surface area contributed by atoms with Crippen LogP contribution in [0.1, 0.15) is 30.7 Å². The van der Waals surface area contributed by atoms with E-state index in [0.717, 1.165) is 31.6 Å². The van der Waals surface area contributed by atoms with Crippen LogP contribution in [-0.4, -0.2) is 56.8 Å². The zero-order valence-electron chi connectivity index (χ0n) is 16.5. The quantitative estimate of drug-likeness (QED) is 0.725. The third-order valence-electron chi connectivity index (χ3n) is 5.91. The van der Waals surface area contributed by atoms with Crippen LogP contribution in [0.3, 0.4) is 0 Å². The number of benzene rings is 1. The first-order chi connectivity index (χ1) is 14.0. The van der Waals surface area contributed by atoms with E-state index in [2.05, 4.69) is 12.1 Å². The first-order valence-electron chi connectivity index (χ1n) is 9.95. The smallest absolute Gasteiger partial charge is 0.252 e. The van der Waals surface area contributed by atoms with Crippen LogP contribution >= 0.6 is 11.3 Å². The molecule has 8 heteroatoms. The number of nitrogens with zero attached hydrogens (tertiary/aromatic N) is 2. The molecular formula is C21H26N2O4S2. The Morgan fingerprint density at radius 1 is 1.10 bits per heavy atom. The number of piperidine rings is 1. The van der Waals surface area contributed by atoms with Gasteiger partial charge in [-0.1, -0.05) is 18.2 Å². The Labute approximate surface area is 176 Å². The summed E-state index contributed by atoms with van der Waals surface area (Å²) in [4.78, 5) is 15.0. The lowest BCUT2D eigenvalue weighted by Crippen LogP contribution is -2.46. The van der Waals surface area contributed by atoms with Gasteiger partial charge < -0.3 is 9.64 Å². The summed E-state index contributed by atoms with van der Waals surface area (Å²) >= 11 is 1.23. The van der Waals surface area contributed by atoms with Gasteiger partial charge in [-0.15, -0.1) is 11.3 Å². The van der Waals surface area contributed by atoms with Gasteiger partial charge in [-0.05, 0) is 48.4 Å². The molecular weight excluding hydrogens is 408 g/mol. The fraction of sp³-hybridized carbons (Fsp3) is 0.476. The summed E-state index contributed by atoms with van der Waals surface area (Å²) in [7, 11) is -1.85. The summed E-state index contributed by atoms with van der Waals surface area (Å²) in [6, 6.07) is 11.4. The largest absolute Gasteiger partial charge is 0.497 e. The minimum Gasteiger partial charge on any atom is -0.497 e. The van der Waals surface area contributed by atoms with Crippen molar-refractivity contribution in [2.75, 3.05) is 33.3 Å².